The molecule has 0 heterocycles. The number of hydrogen-bond donors (Lipinski definition) is 1. The number of benzene rings is 1. The summed E-state index contributed by atoms with van der Waals surface area (Å²) in [6, 6.07) is 9.47. The van der Waals surface area contributed by atoms with Crippen LogP contribution in [0.2, 0.25) is 0 Å². The van der Waals surface area contributed by atoms with Gasteiger partial charge in [0.1, 0.15) is 0 Å². The second-order valence-corrected chi connectivity index (χ2v) is 8.23. The minimum absolute atomic E-state index is 0.414. The Morgan fingerprint density at radius 1 is 1.15 bits per heavy atom. The highest BCUT2D eigenvalue weighted by molar-refractivity contribution is 5.54. The van der Waals surface area contributed by atoms with Crippen molar-refractivity contribution in [3.8, 4) is 0 Å². The predicted octanol–water partition coefficient (Wildman–Crippen LogP) is 5.44. The summed E-state index contributed by atoms with van der Waals surface area (Å²) in [5, 5.41) is 3.95. The maximum Gasteiger partial charge on any atom is 0.0377 e. The van der Waals surface area contributed by atoms with E-state index < -0.39 is 0 Å². The Balaban J connectivity index is 1.92. The van der Waals surface area contributed by atoms with Crippen LogP contribution in [0.25, 0.3) is 0 Å². The molecule has 3 atom stereocenters. The average molecular weight is 271 g/mol. The monoisotopic (exact) mass is 271 g/mol. The van der Waals surface area contributed by atoms with E-state index >= 15 is 0 Å². The molecule has 2 fully saturated rings. The van der Waals surface area contributed by atoms with Crippen LogP contribution in [-0.2, 0) is 0 Å². The van der Waals surface area contributed by atoms with Crippen LogP contribution >= 0.6 is 0 Å². The van der Waals surface area contributed by atoms with Crippen molar-refractivity contribution in [1.29, 1.82) is 0 Å². The molecule has 0 aromatic heterocycles. The van der Waals surface area contributed by atoms with Crippen LogP contribution in [0, 0.1) is 16.7 Å². The molecule has 1 heteroatoms. The molecular formula is C19H29N. The Bertz CT molecular complexity index is 497. The molecule has 2 aliphatic carbocycles. The molecule has 3 rings (SSSR count). The van der Waals surface area contributed by atoms with Crippen LogP contribution in [0.1, 0.15) is 65.4 Å². The van der Waals surface area contributed by atoms with Gasteiger partial charge in [-0.1, -0.05) is 52.8 Å². The molecular weight excluding hydrogens is 242 g/mol. The van der Waals surface area contributed by atoms with Gasteiger partial charge >= 0.3 is 0 Å². The van der Waals surface area contributed by atoms with Crippen LogP contribution in [0.4, 0.5) is 5.69 Å². The summed E-state index contributed by atoms with van der Waals surface area (Å²) in [7, 11) is 0. The highest BCUT2D eigenvalue weighted by Crippen LogP contribution is 2.63. The Kier molecular flexibility index (Phi) is 3.15. The number of fused-ring (bicyclic) bond motifs is 2. The van der Waals surface area contributed by atoms with Crippen LogP contribution < -0.4 is 5.32 Å². The average Bonchev–Trinajstić information content (AvgIpc) is 2.86. The minimum atomic E-state index is 0.414. The molecule has 20 heavy (non-hydrogen) atoms. The van der Waals surface area contributed by atoms with Crippen molar-refractivity contribution in [1.82, 2.24) is 0 Å². The molecule has 1 N–H and O–H groups in total. The maximum atomic E-state index is 3.95. The number of anilines is 1. The summed E-state index contributed by atoms with van der Waals surface area (Å²) in [4.78, 5) is 0. The van der Waals surface area contributed by atoms with Crippen molar-refractivity contribution in [2.75, 3.05) is 5.32 Å². The van der Waals surface area contributed by atoms with Gasteiger partial charge in [0.25, 0.3) is 0 Å². The fraction of sp³-hybridized carbons (Fsp3) is 0.684. The van der Waals surface area contributed by atoms with Crippen molar-refractivity contribution in [2.45, 2.75) is 65.8 Å². The molecule has 0 saturated heterocycles. The summed E-state index contributed by atoms with van der Waals surface area (Å²) in [6.45, 7) is 12.0. The van der Waals surface area contributed by atoms with Gasteiger partial charge in [0.15, 0.2) is 0 Å². The molecule has 0 spiro atoms. The summed E-state index contributed by atoms with van der Waals surface area (Å²) in [5.74, 6) is 1.48. The third kappa shape index (κ3) is 1.98. The second-order valence-electron chi connectivity index (χ2n) is 8.23. The van der Waals surface area contributed by atoms with Crippen molar-refractivity contribution >= 4 is 5.69 Å². The summed E-state index contributed by atoms with van der Waals surface area (Å²) >= 11 is 0. The Labute approximate surface area is 124 Å². The number of rotatable bonds is 3. The molecule has 1 nitrogen and oxygen atoms in total. The molecule has 0 amide bonds. The lowest BCUT2D eigenvalue weighted by atomic mass is 9.68. The van der Waals surface area contributed by atoms with E-state index in [-0.39, 0.29) is 0 Å². The van der Waals surface area contributed by atoms with Gasteiger partial charge in [0, 0.05) is 11.7 Å². The number of hydrogen-bond acceptors (Lipinski definition) is 1. The normalized spacial score (nSPS) is 34.7. The number of para-hydroxylation sites is 1. The van der Waals surface area contributed by atoms with Crippen LogP contribution in [0.3, 0.4) is 0 Å². The van der Waals surface area contributed by atoms with E-state index in [1.807, 2.05) is 0 Å². The first-order valence-corrected chi connectivity index (χ1v) is 8.20. The summed E-state index contributed by atoms with van der Waals surface area (Å²) in [5.41, 5.74) is 3.71. The van der Waals surface area contributed by atoms with Gasteiger partial charge in [-0.05, 0) is 53.6 Å². The van der Waals surface area contributed by atoms with E-state index in [2.05, 4.69) is 64.2 Å². The molecule has 2 saturated carbocycles. The van der Waals surface area contributed by atoms with Crippen molar-refractivity contribution in [2.24, 2.45) is 16.7 Å². The van der Waals surface area contributed by atoms with Gasteiger partial charge in [-0.3, -0.25) is 0 Å². The van der Waals surface area contributed by atoms with E-state index in [0.717, 1.165) is 5.92 Å². The first kappa shape index (κ1) is 14.0. The van der Waals surface area contributed by atoms with E-state index in [1.54, 1.807) is 0 Å². The topological polar surface area (TPSA) is 12.0 Å². The third-order valence-corrected chi connectivity index (χ3v) is 6.15. The standard InChI is InChI=1S/C19H29N/c1-13(2)15-8-6-7-9-16(15)20-17-18(3,4)14-10-11-19(17,5)12-14/h6-9,13-14,17,20H,10-12H2,1-5H3. The largest absolute Gasteiger partial charge is 0.381 e. The van der Waals surface area contributed by atoms with Gasteiger partial charge in [-0.2, -0.15) is 0 Å². The Morgan fingerprint density at radius 2 is 1.85 bits per heavy atom. The SMILES string of the molecule is CC(C)c1ccccc1NC1C2(C)CCC(C2)C1(C)C. The molecule has 3 unspecified atom stereocenters. The zero-order valence-electron chi connectivity index (χ0n) is 13.7. The van der Waals surface area contributed by atoms with Crippen molar-refractivity contribution in [3.63, 3.8) is 0 Å². The summed E-state index contributed by atoms with van der Waals surface area (Å²) in [6.07, 6.45) is 4.22. The van der Waals surface area contributed by atoms with Crippen LogP contribution in [0.15, 0.2) is 24.3 Å². The van der Waals surface area contributed by atoms with E-state index in [0.29, 0.717) is 22.8 Å². The van der Waals surface area contributed by atoms with Gasteiger partial charge in [-0.25, -0.2) is 0 Å². The van der Waals surface area contributed by atoms with Crippen LogP contribution in [0.5, 0.6) is 0 Å². The molecule has 1 aromatic rings. The third-order valence-electron chi connectivity index (χ3n) is 6.15. The highest BCUT2D eigenvalue weighted by atomic mass is 15.0. The first-order chi connectivity index (χ1) is 9.34. The molecule has 2 bridgehead atoms. The Hall–Kier alpha value is -0.980. The zero-order valence-corrected chi connectivity index (χ0v) is 13.7. The zero-order chi connectivity index (χ0) is 14.5. The van der Waals surface area contributed by atoms with Crippen molar-refractivity contribution in [3.05, 3.63) is 29.8 Å². The number of nitrogens with one attached hydrogen (secondary N) is 1. The summed E-state index contributed by atoms with van der Waals surface area (Å²) < 4.78 is 0. The second kappa shape index (κ2) is 4.51. The van der Waals surface area contributed by atoms with Crippen LogP contribution in [-0.4, -0.2) is 6.04 Å². The highest BCUT2D eigenvalue weighted by Gasteiger charge is 2.59. The predicted molar refractivity (Wildman–Crippen MR) is 87.2 cm³/mol. The molecule has 0 radical (unpaired) electrons. The lowest BCUT2D eigenvalue weighted by Gasteiger charge is -2.44. The quantitative estimate of drug-likeness (QED) is 0.772. The van der Waals surface area contributed by atoms with E-state index in [4.69, 9.17) is 0 Å². The van der Waals surface area contributed by atoms with E-state index in [1.165, 1.54) is 30.5 Å². The van der Waals surface area contributed by atoms with Gasteiger partial charge in [0.2, 0.25) is 0 Å². The minimum Gasteiger partial charge on any atom is -0.381 e. The van der Waals surface area contributed by atoms with Crippen molar-refractivity contribution < 1.29 is 0 Å². The van der Waals surface area contributed by atoms with Gasteiger partial charge < -0.3 is 5.32 Å². The fourth-order valence-electron chi connectivity index (χ4n) is 4.95. The maximum absolute atomic E-state index is 3.95. The molecule has 110 valence electrons. The molecule has 1 aromatic carbocycles. The molecule has 2 aliphatic rings. The van der Waals surface area contributed by atoms with E-state index in [9.17, 15) is 0 Å². The molecule has 0 aliphatic heterocycles. The first-order valence-electron chi connectivity index (χ1n) is 8.20. The Morgan fingerprint density at radius 3 is 2.45 bits per heavy atom. The lowest BCUT2D eigenvalue weighted by molar-refractivity contribution is 0.155. The lowest BCUT2D eigenvalue weighted by Crippen LogP contribution is -2.46. The fourth-order valence-corrected chi connectivity index (χ4v) is 4.95. The van der Waals surface area contributed by atoms with Gasteiger partial charge in [-0.15, -0.1) is 0 Å². The van der Waals surface area contributed by atoms with Gasteiger partial charge in [0.05, 0.1) is 0 Å². The smallest absolute Gasteiger partial charge is 0.0377 e.